The third-order valence-electron chi connectivity index (χ3n) is 5.64. The van der Waals surface area contributed by atoms with Crippen LogP contribution in [0.15, 0.2) is 48.8 Å². The number of aromatic nitrogens is 5. The van der Waals surface area contributed by atoms with Gasteiger partial charge in [0.25, 0.3) is 5.91 Å². The molecule has 1 aliphatic carbocycles. The van der Waals surface area contributed by atoms with Crippen molar-refractivity contribution in [3.63, 3.8) is 0 Å². The molecule has 0 radical (unpaired) electrons. The lowest BCUT2D eigenvalue weighted by atomic mass is 10.1. The molecular weight excluding hydrogens is 376 g/mol. The molecule has 0 aliphatic heterocycles. The van der Waals surface area contributed by atoms with Crippen LogP contribution in [0.4, 0.5) is 0 Å². The molecule has 0 bridgehead atoms. The van der Waals surface area contributed by atoms with E-state index in [1.165, 1.54) is 0 Å². The molecule has 30 heavy (non-hydrogen) atoms. The predicted octanol–water partition coefficient (Wildman–Crippen LogP) is 3.61. The summed E-state index contributed by atoms with van der Waals surface area (Å²) in [7, 11) is 3.71. The molecule has 7 nitrogen and oxygen atoms in total. The average Bonchev–Trinajstić information content (AvgIpc) is 3.44. The van der Waals surface area contributed by atoms with Gasteiger partial charge in [0.1, 0.15) is 0 Å². The summed E-state index contributed by atoms with van der Waals surface area (Å²) < 4.78 is 3.60. The quantitative estimate of drug-likeness (QED) is 0.513. The minimum absolute atomic E-state index is 0.0205. The summed E-state index contributed by atoms with van der Waals surface area (Å²) >= 11 is 0. The lowest BCUT2D eigenvalue weighted by molar-refractivity contribution is 0.0787. The number of pyridine rings is 1. The van der Waals surface area contributed by atoms with Gasteiger partial charge in [0.05, 0.1) is 28.5 Å². The zero-order valence-electron chi connectivity index (χ0n) is 17.4. The SMILES string of the molecule is Cc1nn(C)c2nc(C3CC3)cc(C(=O)N(C)Cc3cnn(-c4ccccc4)c3)c12. The van der Waals surface area contributed by atoms with Gasteiger partial charge in [0, 0.05) is 44.0 Å². The number of benzene rings is 1. The fraction of sp³-hybridized carbons (Fsp3) is 0.304. The number of hydrogen-bond acceptors (Lipinski definition) is 4. The second-order valence-electron chi connectivity index (χ2n) is 8.07. The maximum atomic E-state index is 13.4. The summed E-state index contributed by atoms with van der Waals surface area (Å²) in [5.74, 6) is 0.443. The standard InChI is InChI=1S/C23H24N6O/c1-15-21-19(11-20(17-9-10-17)25-22(21)28(3)26-15)23(30)27(2)13-16-12-24-29(14-16)18-7-5-4-6-8-18/h4-8,11-12,14,17H,9-10,13H2,1-3H3. The van der Waals surface area contributed by atoms with E-state index in [1.54, 1.807) is 9.58 Å². The van der Waals surface area contributed by atoms with Crippen molar-refractivity contribution in [2.24, 2.45) is 7.05 Å². The number of aryl methyl sites for hydroxylation is 2. The fourth-order valence-corrected chi connectivity index (χ4v) is 3.94. The summed E-state index contributed by atoms with van der Waals surface area (Å²) in [6, 6.07) is 11.9. The van der Waals surface area contributed by atoms with E-state index in [9.17, 15) is 4.79 Å². The van der Waals surface area contributed by atoms with Crippen molar-refractivity contribution in [1.29, 1.82) is 0 Å². The molecule has 3 aromatic heterocycles. The van der Waals surface area contributed by atoms with E-state index in [2.05, 4.69) is 10.2 Å². The first-order chi connectivity index (χ1) is 14.5. The molecule has 3 heterocycles. The Labute approximate surface area is 174 Å². The smallest absolute Gasteiger partial charge is 0.254 e. The minimum atomic E-state index is -0.0205. The molecule has 5 rings (SSSR count). The van der Waals surface area contributed by atoms with E-state index in [-0.39, 0.29) is 5.91 Å². The highest BCUT2D eigenvalue weighted by atomic mass is 16.2. The zero-order chi connectivity index (χ0) is 20.8. The number of amides is 1. The van der Waals surface area contributed by atoms with Crippen LogP contribution in [0.2, 0.25) is 0 Å². The van der Waals surface area contributed by atoms with Gasteiger partial charge in [-0.15, -0.1) is 0 Å². The highest BCUT2D eigenvalue weighted by Gasteiger charge is 2.29. The molecule has 0 spiro atoms. The zero-order valence-corrected chi connectivity index (χ0v) is 17.4. The fourth-order valence-electron chi connectivity index (χ4n) is 3.94. The third kappa shape index (κ3) is 3.26. The highest BCUT2D eigenvalue weighted by molar-refractivity contribution is 6.06. The minimum Gasteiger partial charge on any atom is -0.337 e. The van der Waals surface area contributed by atoms with Gasteiger partial charge < -0.3 is 4.90 Å². The van der Waals surface area contributed by atoms with E-state index in [1.807, 2.05) is 74.5 Å². The normalized spacial score (nSPS) is 13.7. The van der Waals surface area contributed by atoms with Crippen LogP contribution in [-0.2, 0) is 13.6 Å². The maximum absolute atomic E-state index is 13.4. The number of rotatable bonds is 5. The Bertz CT molecular complexity index is 1240. The lowest BCUT2D eigenvalue weighted by Crippen LogP contribution is -2.26. The first-order valence-corrected chi connectivity index (χ1v) is 10.2. The van der Waals surface area contributed by atoms with Gasteiger partial charge in [-0.25, -0.2) is 9.67 Å². The number of hydrogen-bond donors (Lipinski definition) is 0. The molecule has 1 aliphatic rings. The Kier molecular flexibility index (Phi) is 4.38. The summed E-state index contributed by atoms with van der Waals surface area (Å²) in [6.07, 6.45) is 6.05. The number of carbonyl (C=O) groups is 1. The number of carbonyl (C=O) groups excluding carboxylic acids is 1. The lowest BCUT2D eigenvalue weighted by Gasteiger charge is -2.17. The number of nitrogens with zero attached hydrogens (tertiary/aromatic N) is 6. The molecule has 0 N–H and O–H groups in total. The average molecular weight is 400 g/mol. The molecule has 0 unspecified atom stereocenters. The highest BCUT2D eigenvalue weighted by Crippen LogP contribution is 2.40. The van der Waals surface area contributed by atoms with E-state index >= 15 is 0 Å². The van der Waals surface area contributed by atoms with Crippen molar-refractivity contribution < 1.29 is 4.79 Å². The molecule has 4 aromatic rings. The van der Waals surface area contributed by atoms with Crippen molar-refractivity contribution in [2.45, 2.75) is 32.2 Å². The van der Waals surface area contributed by atoms with Gasteiger partial charge in [-0.05, 0) is 38.0 Å². The number of fused-ring (bicyclic) bond motifs is 1. The molecule has 1 saturated carbocycles. The Morgan fingerprint density at radius 1 is 1.23 bits per heavy atom. The molecule has 152 valence electrons. The first-order valence-electron chi connectivity index (χ1n) is 10.2. The van der Waals surface area contributed by atoms with Crippen molar-refractivity contribution in [1.82, 2.24) is 29.4 Å². The molecule has 1 fully saturated rings. The van der Waals surface area contributed by atoms with E-state index < -0.39 is 0 Å². The molecule has 1 aromatic carbocycles. The number of para-hydroxylation sites is 1. The molecule has 7 heteroatoms. The third-order valence-corrected chi connectivity index (χ3v) is 5.64. The van der Waals surface area contributed by atoms with Crippen LogP contribution >= 0.6 is 0 Å². The van der Waals surface area contributed by atoms with Gasteiger partial charge in [-0.3, -0.25) is 9.48 Å². The van der Waals surface area contributed by atoms with Crippen LogP contribution in [0, 0.1) is 6.92 Å². The van der Waals surface area contributed by atoms with Crippen LogP contribution in [0.3, 0.4) is 0 Å². The topological polar surface area (TPSA) is 68.8 Å². The largest absolute Gasteiger partial charge is 0.337 e. The Hall–Kier alpha value is -3.48. The van der Waals surface area contributed by atoms with Gasteiger partial charge >= 0.3 is 0 Å². The summed E-state index contributed by atoms with van der Waals surface area (Å²) in [5, 5.41) is 9.79. The summed E-state index contributed by atoms with van der Waals surface area (Å²) in [4.78, 5) is 20.0. The van der Waals surface area contributed by atoms with Crippen molar-refractivity contribution >= 4 is 16.9 Å². The summed E-state index contributed by atoms with van der Waals surface area (Å²) in [5.41, 5.74) is 5.27. The monoisotopic (exact) mass is 400 g/mol. The van der Waals surface area contributed by atoms with Gasteiger partial charge in [-0.1, -0.05) is 18.2 Å². The first kappa shape index (κ1) is 18.5. The molecule has 0 atom stereocenters. The van der Waals surface area contributed by atoms with Crippen molar-refractivity contribution in [3.8, 4) is 5.69 Å². The van der Waals surface area contributed by atoms with E-state index in [0.29, 0.717) is 18.0 Å². The second kappa shape index (κ2) is 7.09. The molecule has 1 amide bonds. The Morgan fingerprint density at radius 2 is 2.00 bits per heavy atom. The predicted molar refractivity (Wildman–Crippen MR) is 115 cm³/mol. The van der Waals surface area contributed by atoms with Crippen LogP contribution in [0.25, 0.3) is 16.7 Å². The van der Waals surface area contributed by atoms with Crippen molar-refractivity contribution in [3.05, 3.63) is 71.3 Å². The Balaban J connectivity index is 1.45. The summed E-state index contributed by atoms with van der Waals surface area (Å²) in [6.45, 7) is 2.41. The van der Waals surface area contributed by atoms with Gasteiger partial charge in [-0.2, -0.15) is 10.2 Å². The second-order valence-corrected chi connectivity index (χ2v) is 8.07. The van der Waals surface area contributed by atoms with E-state index in [0.717, 1.165) is 46.5 Å². The maximum Gasteiger partial charge on any atom is 0.254 e. The molecular formula is C23H24N6O. The van der Waals surface area contributed by atoms with Crippen LogP contribution in [0.1, 0.15) is 46.1 Å². The van der Waals surface area contributed by atoms with Crippen molar-refractivity contribution in [2.75, 3.05) is 7.05 Å². The molecule has 0 saturated heterocycles. The van der Waals surface area contributed by atoms with Gasteiger partial charge in [0.15, 0.2) is 5.65 Å². The van der Waals surface area contributed by atoms with E-state index in [4.69, 9.17) is 4.98 Å². The van der Waals surface area contributed by atoms with Crippen LogP contribution in [0.5, 0.6) is 0 Å². The van der Waals surface area contributed by atoms with Gasteiger partial charge in [0.2, 0.25) is 0 Å². The van der Waals surface area contributed by atoms with Crippen LogP contribution < -0.4 is 0 Å². The van der Waals surface area contributed by atoms with Crippen LogP contribution in [-0.4, -0.2) is 42.4 Å². The Morgan fingerprint density at radius 3 is 2.73 bits per heavy atom.